The summed E-state index contributed by atoms with van der Waals surface area (Å²) in [6.45, 7) is 7.39. The van der Waals surface area contributed by atoms with Gasteiger partial charge in [-0.3, -0.25) is 14.7 Å². The number of aromatic hydroxyl groups is 1. The highest BCUT2D eigenvalue weighted by molar-refractivity contribution is 7.19. The van der Waals surface area contributed by atoms with Crippen molar-refractivity contribution < 1.29 is 14.6 Å². The van der Waals surface area contributed by atoms with Gasteiger partial charge in [-0.25, -0.2) is 9.97 Å². The first-order valence-electron chi connectivity index (χ1n) is 12.0. The number of likely N-dealkylation sites (N-methyl/N-ethyl adjacent to an activating group) is 1. The molecule has 0 spiro atoms. The molecule has 0 saturated carbocycles. The first kappa shape index (κ1) is 24.1. The third kappa shape index (κ3) is 5.31. The van der Waals surface area contributed by atoms with Crippen LogP contribution in [0.1, 0.15) is 4.88 Å². The van der Waals surface area contributed by atoms with Gasteiger partial charge in [-0.1, -0.05) is 12.1 Å². The largest absolute Gasteiger partial charge is 0.508 e. The molecule has 1 N–H and O–H groups in total. The molecule has 2 fully saturated rings. The number of ether oxygens (including phenoxy) is 1. The Hall–Kier alpha value is -2.63. The molecule has 2 aliphatic rings. The van der Waals surface area contributed by atoms with Crippen LogP contribution in [-0.4, -0.2) is 109 Å². The zero-order valence-electron chi connectivity index (χ0n) is 20.3. The van der Waals surface area contributed by atoms with E-state index in [9.17, 15) is 9.90 Å². The molecule has 2 aliphatic heterocycles. The Balaban J connectivity index is 1.40. The van der Waals surface area contributed by atoms with E-state index in [-0.39, 0.29) is 11.9 Å². The second-order valence-corrected chi connectivity index (χ2v) is 10.4. The van der Waals surface area contributed by atoms with Crippen LogP contribution in [0.3, 0.4) is 0 Å². The molecular weight excluding hydrogens is 464 g/mol. The van der Waals surface area contributed by atoms with Gasteiger partial charge in [0.05, 0.1) is 23.4 Å². The highest BCUT2D eigenvalue weighted by atomic mass is 32.1. The number of thiophene rings is 1. The summed E-state index contributed by atoms with van der Waals surface area (Å²) in [7, 11) is 3.89. The summed E-state index contributed by atoms with van der Waals surface area (Å²) in [5.41, 5.74) is 1.74. The quantitative estimate of drug-likeness (QED) is 0.494. The summed E-state index contributed by atoms with van der Waals surface area (Å²) in [6, 6.07) is 9.28. The van der Waals surface area contributed by atoms with Crippen LogP contribution in [0.4, 0.5) is 5.82 Å². The number of aromatic nitrogens is 2. The number of benzene rings is 1. The summed E-state index contributed by atoms with van der Waals surface area (Å²) in [5.74, 6) is 1.77. The van der Waals surface area contributed by atoms with E-state index in [0.717, 1.165) is 73.7 Å². The average Bonchev–Trinajstić information content (AvgIpc) is 3.27. The van der Waals surface area contributed by atoms with E-state index in [0.29, 0.717) is 19.0 Å². The van der Waals surface area contributed by atoms with Crippen molar-refractivity contribution in [3.63, 3.8) is 0 Å². The van der Waals surface area contributed by atoms with Crippen molar-refractivity contribution in [2.45, 2.75) is 12.7 Å². The number of phenols is 1. The topological polar surface area (TPSA) is 85.3 Å². The van der Waals surface area contributed by atoms with Crippen molar-refractivity contribution in [2.75, 3.05) is 71.5 Å². The summed E-state index contributed by atoms with van der Waals surface area (Å²) in [6.07, 6.45) is 0.862. The van der Waals surface area contributed by atoms with E-state index >= 15 is 0 Å². The van der Waals surface area contributed by atoms with Crippen LogP contribution in [-0.2, 0) is 16.1 Å². The van der Waals surface area contributed by atoms with Crippen molar-refractivity contribution in [1.82, 2.24) is 24.7 Å². The Morgan fingerprint density at radius 1 is 1.11 bits per heavy atom. The van der Waals surface area contributed by atoms with Crippen LogP contribution in [0.15, 0.2) is 30.3 Å². The maximum atomic E-state index is 11.5. The van der Waals surface area contributed by atoms with Crippen LogP contribution in [0.25, 0.3) is 21.6 Å². The molecule has 2 saturated heterocycles. The van der Waals surface area contributed by atoms with Gasteiger partial charge in [0.25, 0.3) is 0 Å². The Bertz CT molecular complexity index is 1170. The normalized spacial score (nSPS) is 18.9. The summed E-state index contributed by atoms with van der Waals surface area (Å²) in [4.78, 5) is 31.5. The minimum absolute atomic E-state index is 0.163. The molecule has 0 bridgehead atoms. The molecule has 1 aromatic carbocycles. The first-order valence-corrected chi connectivity index (χ1v) is 12.8. The molecule has 0 amide bonds. The second kappa shape index (κ2) is 10.5. The number of hydrogen-bond donors (Lipinski definition) is 1. The highest BCUT2D eigenvalue weighted by Crippen LogP contribution is 2.35. The van der Waals surface area contributed by atoms with Gasteiger partial charge in [-0.05, 0) is 32.3 Å². The van der Waals surface area contributed by atoms with E-state index in [1.165, 1.54) is 4.88 Å². The number of carbonyl (C=O) groups excluding carboxylic acids is 1. The van der Waals surface area contributed by atoms with Gasteiger partial charge in [0.15, 0.2) is 17.9 Å². The fraction of sp³-hybridized carbons (Fsp3) is 0.480. The fourth-order valence-corrected chi connectivity index (χ4v) is 5.90. The number of piperazine rings is 1. The fourth-order valence-electron chi connectivity index (χ4n) is 4.75. The minimum atomic E-state index is -0.163. The number of morpholine rings is 1. The number of phenolic OH excluding ortho intramolecular Hbond substituents is 1. The lowest BCUT2D eigenvalue weighted by atomic mass is 10.2. The molecule has 186 valence electrons. The van der Waals surface area contributed by atoms with Crippen LogP contribution < -0.4 is 4.90 Å². The number of anilines is 1. The van der Waals surface area contributed by atoms with Gasteiger partial charge >= 0.3 is 0 Å². The molecule has 10 heteroatoms. The third-order valence-corrected chi connectivity index (χ3v) is 7.74. The van der Waals surface area contributed by atoms with Crippen molar-refractivity contribution >= 4 is 33.7 Å². The number of hydrogen-bond acceptors (Lipinski definition) is 10. The van der Waals surface area contributed by atoms with E-state index in [1.807, 2.05) is 31.1 Å². The molecule has 0 radical (unpaired) electrons. The number of aldehydes is 1. The number of nitrogens with zero attached hydrogens (tertiary/aromatic N) is 6. The Morgan fingerprint density at radius 2 is 1.89 bits per heavy atom. The first-order chi connectivity index (χ1) is 17.0. The minimum Gasteiger partial charge on any atom is -0.508 e. The van der Waals surface area contributed by atoms with E-state index in [4.69, 9.17) is 14.7 Å². The van der Waals surface area contributed by atoms with Crippen molar-refractivity contribution in [3.8, 4) is 17.1 Å². The molecule has 1 atom stereocenters. The van der Waals surface area contributed by atoms with Crippen LogP contribution in [0.2, 0.25) is 0 Å². The smallest absolute Gasteiger partial charge is 0.162 e. The van der Waals surface area contributed by atoms with Gasteiger partial charge in [0.1, 0.15) is 11.9 Å². The van der Waals surface area contributed by atoms with Crippen LogP contribution in [0.5, 0.6) is 5.75 Å². The highest BCUT2D eigenvalue weighted by Gasteiger charge is 2.26. The molecular formula is C25H32N6O3S. The molecule has 0 aliphatic carbocycles. The zero-order chi connectivity index (χ0) is 24.4. The van der Waals surface area contributed by atoms with Gasteiger partial charge in [-0.2, -0.15) is 0 Å². The van der Waals surface area contributed by atoms with Crippen molar-refractivity contribution in [1.29, 1.82) is 0 Å². The van der Waals surface area contributed by atoms with Gasteiger partial charge in [-0.15, -0.1) is 11.3 Å². The Morgan fingerprint density at radius 3 is 2.57 bits per heavy atom. The lowest BCUT2D eigenvalue weighted by Crippen LogP contribution is -2.54. The van der Waals surface area contributed by atoms with Gasteiger partial charge in [0, 0.05) is 56.3 Å². The second-order valence-electron chi connectivity index (χ2n) is 9.27. The van der Waals surface area contributed by atoms with Crippen LogP contribution >= 0.6 is 11.3 Å². The molecule has 1 unspecified atom stereocenters. The lowest BCUT2D eigenvalue weighted by Gasteiger charge is -2.39. The monoisotopic (exact) mass is 496 g/mol. The zero-order valence-corrected chi connectivity index (χ0v) is 21.1. The molecule has 9 nitrogen and oxygen atoms in total. The number of carbonyl (C=O) groups is 1. The van der Waals surface area contributed by atoms with E-state index in [1.54, 1.807) is 23.5 Å². The molecule has 3 aromatic rings. The molecule has 2 aromatic heterocycles. The van der Waals surface area contributed by atoms with Crippen molar-refractivity contribution in [2.24, 2.45) is 0 Å². The standard InChI is InChI=1S/C25H32N6O3S/c1-28(2)22(17-32)30-8-6-29(7-9-30)16-20-15-21-23(35-20)25(31-10-12-34-13-11-31)27-24(26-21)18-4-3-5-19(33)14-18/h3-5,14-15,17,22,33H,6-13,16H2,1-2H3. The van der Waals surface area contributed by atoms with Crippen molar-refractivity contribution in [3.05, 3.63) is 35.2 Å². The summed E-state index contributed by atoms with van der Waals surface area (Å²) >= 11 is 1.76. The molecule has 4 heterocycles. The Labute approximate surface area is 209 Å². The summed E-state index contributed by atoms with van der Waals surface area (Å²) < 4.78 is 6.66. The predicted octanol–water partition coefficient (Wildman–Crippen LogP) is 2.10. The third-order valence-electron chi connectivity index (χ3n) is 6.63. The molecule has 35 heavy (non-hydrogen) atoms. The lowest BCUT2D eigenvalue weighted by molar-refractivity contribution is -0.118. The van der Waals surface area contributed by atoms with Crippen LogP contribution in [0, 0.1) is 0 Å². The summed E-state index contributed by atoms with van der Waals surface area (Å²) in [5, 5.41) is 9.98. The van der Waals surface area contributed by atoms with E-state index < -0.39 is 0 Å². The molecule has 5 rings (SSSR count). The Kier molecular flexibility index (Phi) is 7.26. The number of fused-ring (bicyclic) bond motifs is 1. The SMILES string of the molecule is CN(C)C(C=O)N1CCN(Cc2cc3nc(-c4cccc(O)c4)nc(N4CCOCC4)c3s2)CC1. The van der Waals surface area contributed by atoms with Gasteiger partial charge in [0.2, 0.25) is 0 Å². The van der Waals surface area contributed by atoms with E-state index in [2.05, 4.69) is 20.8 Å². The van der Waals surface area contributed by atoms with Gasteiger partial charge < -0.3 is 19.5 Å². The maximum Gasteiger partial charge on any atom is 0.162 e. The number of rotatable bonds is 7. The average molecular weight is 497 g/mol. The maximum absolute atomic E-state index is 11.5. The predicted molar refractivity (Wildman–Crippen MR) is 138 cm³/mol.